The van der Waals surface area contributed by atoms with Gasteiger partial charge in [0.1, 0.15) is 5.75 Å². The predicted octanol–water partition coefficient (Wildman–Crippen LogP) is 2.14. The van der Waals surface area contributed by atoms with E-state index in [1.165, 1.54) is 11.6 Å². The molecule has 0 spiro atoms. The van der Waals surface area contributed by atoms with Gasteiger partial charge in [-0.2, -0.15) is 0 Å². The predicted molar refractivity (Wildman–Crippen MR) is 89.6 cm³/mol. The molecule has 0 radical (unpaired) electrons. The number of hydrogen-bond donors (Lipinski definition) is 3. The third-order valence-corrected chi connectivity index (χ3v) is 3.34. The Morgan fingerprint density at radius 1 is 1.12 bits per heavy atom. The van der Waals surface area contributed by atoms with E-state index in [4.69, 9.17) is 9.94 Å². The summed E-state index contributed by atoms with van der Waals surface area (Å²) in [5.74, 6) is -0.165. The van der Waals surface area contributed by atoms with E-state index in [0.29, 0.717) is 17.7 Å². The molecule has 0 aliphatic carbocycles. The van der Waals surface area contributed by atoms with Crippen LogP contribution >= 0.6 is 0 Å². The van der Waals surface area contributed by atoms with Gasteiger partial charge in [-0.05, 0) is 35.4 Å². The maximum atomic E-state index is 12.4. The Labute approximate surface area is 139 Å². The Morgan fingerprint density at radius 2 is 1.83 bits per heavy atom. The van der Waals surface area contributed by atoms with Gasteiger partial charge < -0.3 is 10.1 Å². The first kappa shape index (κ1) is 17.2. The number of amides is 2. The van der Waals surface area contributed by atoms with Crippen LogP contribution in [0.15, 0.2) is 54.6 Å². The van der Waals surface area contributed by atoms with Crippen LogP contribution in [0.1, 0.15) is 21.5 Å². The maximum Gasteiger partial charge on any atom is 0.267 e. The van der Waals surface area contributed by atoms with Crippen LogP contribution in [-0.4, -0.2) is 24.1 Å². The first-order valence-electron chi connectivity index (χ1n) is 7.26. The van der Waals surface area contributed by atoms with E-state index in [9.17, 15) is 9.59 Å². The van der Waals surface area contributed by atoms with Gasteiger partial charge in [-0.25, -0.2) is 5.48 Å². The molecule has 0 saturated heterocycles. The molecule has 2 aromatic carbocycles. The topological polar surface area (TPSA) is 87.7 Å². The number of nitrogens with one attached hydrogen (secondary N) is 2. The lowest BCUT2D eigenvalue weighted by Gasteiger charge is -2.08. The van der Waals surface area contributed by atoms with E-state index in [0.717, 1.165) is 17.4 Å². The van der Waals surface area contributed by atoms with Crippen molar-refractivity contribution in [1.82, 2.24) is 10.8 Å². The summed E-state index contributed by atoms with van der Waals surface area (Å²) in [5.41, 5.74) is 3.46. The monoisotopic (exact) mass is 326 g/mol. The maximum absolute atomic E-state index is 12.4. The highest BCUT2D eigenvalue weighted by molar-refractivity contribution is 5.99. The zero-order valence-electron chi connectivity index (χ0n) is 13.2. The Hall–Kier alpha value is -3.12. The van der Waals surface area contributed by atoms with Crippen molar-refractivity contribution in [2.45, 2.75) is 6.54 Å². The standard InChI is InChI=1S/C18H18N2O4/c1-24-15-9-6-13(7-10-15)12-19-18(22)16-5-3-2-4-14(16)8-11-17(21)20-23/h2-11,23H,12H2,1H3,(H,19,22)(H,20,21)/b11-8+. The van der Waals surface area contributed by atoms with Gasteiger partial charge in [0.25, 0.3) is 11.8 Å². The first-order valence-corrected chi connectivity index (χ1v) is 7.26. The number of carbonyl (C=O) groups is 2. The molecule has 0 atom stereocenters. The normalized spacial score (nSPS) is 10.4. The Balaban J connectivity index is 2.06. The van der Waals surface area contributed by atoms with Crippen LogP contribution < -0.4 is 15.5 Å². The smallest absolute Gasteiger partial charge is 0.267 e. The number of benzene rings is 2. The second-order valence-electron chi connectivity index (χ2n) is 4.93. The second-order valence-corrected chi connectivity index (χ2v) is 4.93. The van der Waals surface area contributed by atoms with Gasteiger partial charge in [0.2, 0.25) is 0 Å². The molecule has 2 rings (SSSR count). The summed E-state index contributed by atoms with van der Waals surface area (Å²) in [4.78, 5) is 23.4. The van der Waals surface area contributed by atoms with Crippen LogP contribution in [0, 0.1) is 0 Å². The molecule has 0 bridgehead atoms. The minimum atomic E-state index is -0.663. The van der Waals surface area contributed by atoms with Gasteiger partial charge >= 0.3 is 0 Å². The van der Waals surface area contributed by atoms with Gasteiger partial charge in [-0.1, -0.05) is 30.3 Å². The lowest BCUT2D eigenvalue weighted by molar-refractivity contribution is -0.124. The Kier molecular flexibility index (Phi) is 6.10. The van der Waals surface area contributed by atoms with Crippen molar-refractivity contribution >= 4 is 17.9 Å². The highest BCUT2D eigenvalue weighted by Crippen LogP contribution is 2.13. The molecule has 24 heavy (non-hydrogen) atoms. The first-order chi connectivity index (χ1) is 11.6. The zero-order valence-corrected chi connectivity index (χ0v) is 13.2. The van der Waals surface area contributed by atoms with Crippen molar-refractivity contribution in [3.05, 3.63) is 71.3 Å². The van der Waals surface area contributed by atoms with Gasteiger partial charge in [-0.15, -0.1) is 0 Å². The van der Waals surface area contributed by atoms with E-state index in [-0.39, 0.29) is 5.91 Å². The average molecular weight is 326 g/mol. The number of ether oxygens (including phenoxy) is 1. The van der Waals surface area contributed by atoms with Crippen molar-refractivity contribution in [3.63, 3.8) is 0 Å². The van der Waals surface area contributed by atoms with Gasteiger partial charge in [0.05, 0.1) is 7.11 Å². The molecule has 2 aromatic rings. The molecule has 6 nitrogen and oxygen atoms in total. The van der Waals surface area contributed by atoms with Crippen molar-refractivity contribution in [2.24, 2.45) is 0 Å². The quantitative estimate of drug-likeness (QED) is 0.431. The fourth-order valence-electron chi connectivity index (χ4n) is 2.07. The fourth-order valence-corrected chi connectivity index (χ4v) is 2.07. The molecule has 0 aromatic heterocycles. The van der Waals surface area contributed by atoms with Crippen LogP contribution in [0.25, 0.3) is 6.08 Å². The summed E-state index contributed by atoms with van der Waals surface area (Å²) in [6.07, 6.45) is 2.61. The highest BCUT2D eigenvalue weighted by atomic mass is 16.5. The number of carbonyl (C=O) groups excluding carboxylic acids is 2. The van der Waals surface area contributed by atoms with Crippen LogP contribution in [0.4, 0.5) is 0 Å². The van der Waals surface area contributed by atoms with Crippen molar-refractivity contribution < 1.29 is 19.5 Å². The van der Waals surface area contributed by atoms with Crippen molar-refractivity contribution in [3.8, 4) is 5.75 Å². The lowest BCUT2D eigenvalue weighted by Crippen LogP contribution is -2.23. The summed E-state index contributed by atoms with van der Waals surface area (Å²) < 4.78 is 5.09. The molecule has 0 unspecified atom stereocenters. The van der Waals surface area contributed by atoms with Crippen LogP contribution in [0.3, 0.4) is 0 Å². The summed E-state index contributed by atoms with van der Waals surface area (Å²) in [6, 6.07) is 14.3. The fraction of sp³-hybridized carbons (Fsp3) is 0.111. The molecule has 0 heterocycles. The van der Waals surface area contributed by atoms with Gasteiger partial charge in [-0.3, -0.25) is 14.8 Å². The molecule has 3 N–H and O–H groups in total. The molecule has 6 heteroatoms. The van der Waals surface area contributed by atoms with Gasteiger partial charge in [0, 0.05) is 18.2 Å². The zero-order chi connectivity index (χ0) is 17.4. The van der Waals surface area contributed by atoms with Gasteiger partial charge in [0.15, 0.2) is 0 Å². The molecule has 0 aliphatic heterocycles. The van der Waals surface area contributed by atoms with Crippen molar-refractivity contribution in [1.29, 1.82) is 0 Å². The summed E-state index contributed by atoms with van der Waals surface area (Å²) in [7, 11) is 1.60. The number of rotatable bonds is 6. The second kappa shape index (κ2) is 8.50. The minimum absolute atomic E-state index is 0.254. The Bertz CT molecular complexity index is 739. The summed E-state index contributed by atoms with van der Waals surface area (Å²) >= 11 is 0. The summed E-state index contributed by atoms with van der Waals surface area (Å²) in [5, 5.41) is 11.3. The molecule has 0 fully saturated rings. The number of hydroxylamine groups is 1. The van der Waals surface area contributed by atoms with Crippen LogP contribution in [-0.2, 0) is 11.3 Å². The molecule has 0 saturated carbocycles. The molecule has 0 aliphatic rings. The highest BCUT2D eigenvalue weighted by Gasteiger charge is 2.09. The number of methoxy groups -OCH3 is 1. The molecular weight excluding hydrogens is 308 g/mol. The average Bonchev–Trinajstić information content (AvgIpc) is 2.64. The van der Waals surface area contributed by atoms with E-state index >= 15 is 0 Å². The van der Waals surface area contributed by atoms with E-state index < -0.39 is 5.91 Å². The largest absolute Gasteiger partial charge is 0.497 e. The lowest BCUT2D eigenvalue weighted by atomic mass is 10.1. The SMILES string of the molecule is COc1ccc(CNC(=O)c2ccccc2/C=C/C(=O)NO)cc1. The third-order valence-electron chi connectivity index (χ3n) is 3.34. The Morgan fingerprint density at radius 3 is 2.50 bits per heavy atom. The van der Waals surface area contributed by atoms with Crippen LogP contribution in [0.2, 0.25) is 0 Å². The third kappa shape index (κ3) is 4.69. The molecular formula is C18H18N2O4. The summed E-state index contributed by atoms with van der Waals surface area (Å²) in [6.45, 7) is 0.373. The molecule has 2 amide bonds. The van der Waals surface area contributed by atoms with Crippen LogP contribution in [0.5, 0.6) is 5.75 Å². The molecule has 124 valence electrons. The van der Waals surface area contributed by atoms with E-state index in [1.807, 2.05) is 24.3 Å². The number of hydrogen-bond acceptors (Lipinski definition) is 4. The van der Waals surface area contributed by atoms with Crippen molar-refractivity contribution in [2.75, 3.05) is 7.11 Å². The van der Waals surface area contributed by atoms with E-state index in [2.05, 4.69) is 5.32 Å². The van der Waals surface area contributed by atoms with E-state index in [1.54, 1.807) is 31.4 Å². The minimum Gasteiger partial charge on any atom is -0.497 e.